The van der Waals surface area contributed by atoms with Gasteiger partial charge in [-0.05, 0) is 25.5 Å². The Hall–Kier alpha value is -1.78. The molecular weight excluding hydrogens is 244 g/mol. The lowest BCUT2D eigenvalue weighted by Gasteiger charge is -2.09. The molecule has 1 aromatic rings. The van der Waals surface area contributed by atoms with Gasteiger partial charge in [-0.2, -0.15) is 0 Å². The van der Waals surface area contributed by atoms with Gasteiger partial charge >= 0.3 is 5.97 Å². The van der Waals surface area contributed by atoms with Gasteiger partial charge in [-0.15, -0.1) is 0 Å². The molecule has 1 heterocycles. The molecule has 0 aliphatic heterocycles. The fourth-order valence-corrected chi connectivity index (χ4v) is 1.75. The number of unbranched alkanes of at least 4 members (excludes halogenated alkanes) is 1. The van der Waals surface area contributed by atoms with Gasteiger partial charge in [0.05, 0.1) is 13.0 Å². The molecule has 1 aromatic heterocycles. The molecule has 0 saturated heterocycles. The van der Waals surface area contributed by atoms with Gasteiger partial charge in [0, 0.05) is 19.3 Å². The van der Waals surface area contributed by atoms with E-state index in [-0.39, 0.29) is 18.3 Å². The Morgan fingerprint density at radius 3 is 2.84 bits per heavy atom. The second-order valence-electron chi connectivity index (χ2n) is 4.25. The molecule has 106 valence electrons. The number of nitrogens with one attached hydrogen (secondary N) is 1. The largest absolute Gasteiger partial charge is 0.466 e. The maximum atomic E-state index is 11.9. The zero-order chi connectivity index (χ0) is 14.1. The van der Waals surface area contributed by atoms with Crippen molar-refractivity contribution < 1.29 is 14.3 Å². The molecule has 1 N–H and O–H groups in total. The van der Waals surface area contributed by atoms with Crippen LogP contribution in [0.4, 0.5) is 0 Å². The summed E-state index contributed by atoms with van der Waals surface area (Å²) in [5.41, 5.74) is 0.636. The second-order valence-corrected chi connectivity index (χ2v) is 4.25. The number of esters is 1. The molecule has 1 rings (SSSR count). The highest BCUT2D eigenvalue weighted by Crippen LogP contribution is 2.04. The standard InChI is InChI=1S/C14H22N2O3/c1-3-5-10-16-11-6-7-12(16)14(18)15-9-8-13(17)19-4-2/h6-7,11H,3-5,8-10H2,1-2H3,(H,15,18). The van der Waals surface area contributed by atoms with Crippen LogP contribution in [0.1, 0.15) is 43.6 Å². The summed E-state index contributed by atoms with van der Waals surface area (Å²) in [6.45, 7) is 5.38. The lowest BCUT2D eigenvalue weighted by molar-refractivity contribution is -0.142. The van der Waals surface area contributed by atoms with Crippen LogP contribution in [0.15, 0.2) is 18.3 Å². The molecule has 19 heavy (non-hydrogen) atoms. The van der Waals surface area contributed by atoms with Gasteiger partial charge in [0.2, 0.25) is 0 Å². The predicted molar refractivity (Wildman–Crippen MR) is 72.9 cm³/mol. The fourth-order valence-electron chi connectivity index (χ4n) is 1.75. The van der Waals surface area contributed by atoms with Crippen molar-refractivity contribution in [3.05, 3.63) is 24.0 Å². The summed E-state index contributed by atoms with van der Waals surface area (Å²) in [5.74, 6) is -0.436. The van der Waals surface area contributed by atoms with Crippen LogP contribution in [0.25, 0.3) is 0 Å². The van der Waals surface area contributed by atoms with Gasteiger partial charge in [0.1, 0.15) is 5.69 Å². The van der Waals surface area contributed by atoms with Crippen LogP contribution in [0.2, 0.25) is 0 Å². The summed E-state index contributed by atoms with van der Waals surface area (Å²) in [5, 5.41) is 2.73. The first-order chi connectivity index (χ1) is 9.19. The smallest absolute Gasteiger partial charge is 0.307 e. The van der Waals surface area contributed by atoms with Crippen LogP contribution in [0.5, 0.6) is 0 Å². The van der Waals surface area contributed by atoms with E-state index in [1.165, 1.54) is 0 Å². The molecule has 1 amide bonds. The number of aromatic nitrogens is 1. The molecule has 0 spiro atoms. The Kier molecular flexibility index (Phi) is 6.71. The van der Waals surface area contributed by atoms with E-state index in [9.17, 15) is 9.59 Å². The van der Waals surface area contributed by atoms with Crippen molar-refractivity contribution in [2.45, 2.75) is 39.7 Å². The third-order valence-corrected chi connectivity index (χ3v) is 2.73. The number of aryl methyl sites for hydroxylation is 1. The maximum Gasteiger partial charge on any atom is 0.307 e. The molecule has 0 radical (unpaired) electrons. The molecule has 0 unspecified atom stereocenters. The normalized spacial score (nSPS) is 10.2. The lowest BCUT2D eigenvalue weighted by Crippen LogP contribution is -2.28. The van der Waals surface area contributed by atoms with Crippen molar-refractivity contribution in [3.63, 3.8) is 0 Å². The Balaban J connectivity index is 2.41. The number of nitrogens with zero attached hydrogens (tertiary/aromatic N) is 1. The SMILES string of the molecule is CCCCn1cccc1C(=O)NCCC(=O)OCC. The minimum atomic E-state index is -0.288. The zero-order valence-corrected chi connectivity index (χ0v) is 11.6. The van der Waals surface area contributed by atoms with E-state index in [0.717, 1.165) is 19.4 Å². The molecule has 0 saturated carbocycles. The first kappa shape index (κ1) is 15.3. The van der Waals surface area contributed by atoms with Gasteiger partial charge in [-0.25, -0.2) is 0 Å². The van der Waals surface area contributed by atoms with Crippen molar-refractivity contribution in [1.29, 1.82) is 0 Å². The maximum absolute atomic E-state index is 11.9. The monoisotopic (exact) mass is 266 g/mol. The van der Waals surface area contributed by atoms with Crippen LogP contribution < -0.4 is 5.32 Å². The highest BCUT2D eigenvalue weighted by atomic mass is 16.5. The second kappa shape index (κ2) is 8.34. The van der Waals surface area contributed by atoms with Crippen LogP contribution in [0, 0.1) is 0 Å². The third kappa shape index (κ3) is 5.16. The predicted octanol–water partition coefficient (Wildman–Crippen LogP) is 1.97. The van der Waals surface area contributed by atoms with E-state index in [0.29, 0.717) is 18.8 Å². The third-order valence-electron chi connectivity index (χ3n) is 2.73. The Labute approximate surface area is 113 Å². The van der Waals surface area contributed by atoms with E-state index in [1.807, 2.05) is 16.8 Å². The summed E-state index contributed by atoms with van der Waals surface area (Å²) in [6, 6.07) is 3.64. The molecule has 5 heteroatoms. The molecule has 0 fully saturated rings. The highest BCUT2D eigenvalue weighted by Gasteiger charge is 2.10. The van der Waals surface area contributed by atoms with Gasteiger partial charge in [0.15, 0.2) is 0 Å². The van der Waals surface area contributed by atoms with Crippen molar-refractivity contribution in [1.82, 2.24) is 9.88 Å². The fraction of sp³-hybridized carbons (Fsp3) is 0.571. The lowest BCUT2D eigenvalue weighted by atomic mass is 10.3. The van der Waals surface area contributed by atoms with E-state index >= 15 is 0 Å². The number of hydrogen-bond donors (Lipinski definition) is 1. The van der Waals surface area contributed by atoms with Crippen LogP contribution in [-0.4, -0.2) is 29.6 Å². The van der Waals surface area contributed by atoms with Crippen molar-refractivity contribution in [2.75, 3.05) is 13.2 Å². The van der Waals surface area contributed by atoms with Crippen LogP contribution >= 0.6 is 0 Å². The number of ether oxygens (including phenoxy) is 1. The summed E-state index contributed by atoms with van der Waals surface area (Å²) >= 11 is 0. The molecule has 0 aliphatic rings. The Bertz CT molecular complexity index is 413. The van der Waals surface area contributed by atoms with Gasteiger partial charge < -0.3 is 14.6 Å². The molecule has 0 aliphatic carbocycles. The van der Waals surface area contributed by atoms with Crippen molar-refractivity contribution in [3.8, 4) is 0 Å². The van der Waals surface area contributed by atoms with Crippen molar-refractivity contribution in [2.24, 2.45) is 0 Å². The average molecular weight is 266 g/mol. The van der Waals surface area contributed by atoms with Crippen LogP contribution in [0.3, 0.4) is 0 Å². The first-order valence-corrected chi connectivity index (χ1v) is 6.78. The quantitative estimate of drug-likeness (QED) is 0.732. The average Bonchev–Trinajstić information content (AvgIpc) is 2.84. The number of rotatable bonds is 8. The van der Waals surface area contributed by atoms with Crippen molar-refractivity contribution >= 4 is 11.9 Å². The topological polar surface area (TPSA) is 60.3 Å². The number of amides is 1. The van der Waals surface area contributed by atoms with E-state index in [1.54, 1.807) is 13.0 Å². The molecule has 0 aromatic carbocycles. The number of carbonyl (C=O) groups excluding carboxylic acids is 2. The van der Waals surface area contributed by atoms with Gasteiger partial charge in [0.25, 0.3) is 5.91 Å². The summed E-state index contributed by atoms with van der Waals surface area (Å²) < 4.78 is 6.73. The minimum absolute atomic E-state index is 0.148. The minimum Gasteiger partial charge on any atom is -0.466 e. The zero-order valence-electron chi connectivity index (χ0n) is 11.6. The summed E-state index contributed by atoms with van der Waals surface area (Å²) in [6.07, 6.45) is 4.23. The van der Waals surface area contributed by atoms with Gasteiger partial charge in [-0.1, -0.05) is 13.3 Å². The Morgan fingerprint density at radius 1 is 1.37 bits per heavy atom. The number of carbonyl (C=O) groups is 2. The molecular formula is C14H22N2O3. The highest BCUT2D eigenvalue weighted by molar-refractivity contribution is 5.92. The first-order valence-electron chi connectivity index (χ1n) is 6.78. The summed E-state index contributed by atoms with van der Waals surface area (Å²) in [4.78, 5) is 23.1. The molecule has 5 nitrogen and oxygen atoms in total. The van der Waals surface area contributed by atoms with Gasteiger partial charge in [-0.3, -0.25) is 9.59 Å². The van der Waals surface area contributed by atoms with E-state index < -0.39 is 0 Å². The van der Waals surface area contributed by atoms with E-state index in [4.69, 9.17) is 4.74 Å². The van der Waals surface area contributed by atoms with E-state index in [2.05, 4.69) is 12.2 Å². The molecule has 0 atom stereocenters. The summed E-state index contributed by atoms with van der Waals surface area (Å²) in [7, 11) is 0. The van der Waals surface area contributed by atoms with Crippen LogP contribution in [-0.2, 0) is 16.1 Å². The Morgan fingerprint density at radius 2 is 2.16 bits per heavy atom. The molecule has 0 bridgehead atoms. The number of hydrogen-bond acceptors (Lipinski definition) is 3.